The molecule has 0 heterocycles. The van der Waals surface area contributed by atoms with Crippen molar-refractivity contribution >= 4 is 10.8 Å². The molecule has 0 aromatic heterocycles. The smallest absolute Gasteiger partial charge is 0.119 e. The second-order valence-corrected chi connectivity index (χ2v) is 6.31. The predicted octanol–water partition coefficient (Wildman–Crippen LogP) is 4.43. The van der Waals surface area contributed by atoms with Gasteiger partial charge in [-0.25, -0.2) is 0 Å². The third-order valence-electron chi connectivity index (χ3n) is 4.93. The first-order valence-electron chi connectivity index (χ1n) is 7.46. The van der Waals surface area contributed by atoms with Gasteiger partial charge in [0.2, 0.25) is 0 Å². The second kappa shape index (κ2) is 5.10. The van der Waals surface area contributed by atoms with Crippen LogP contribution in [0.4, 0.5) is 0 Å². The Hall–Kier alpha value is -1.54. The van der Waals surface area contributed by atoms with Crippen LogP contribution in [0.15, 0.2) is 36.4 Å². The van der Waals surface area contributed by atoms with Crippen molar-refractivity contribution in [3.05, 3.63) is 42.0 Å². The molecule has 1 unspecified atom stereocenters. The van der Waals surface area contributed by atoms with Crippen molar-refractivity contribution in [1.29, 1.82) is 0 Å². The number of nitrogens with two attached hydrogens (primary N) is 1. The molecule has 2 aromatic rings. The van der Waals surface area contributed by atoms with Gasteiger partial charge >= 0.3 is 0 Å². The van der Waals surface area contributed by atoms with E-state index < -0.39 is 0 Å². The lowest BCUT2D eigenvalue weighted by atomic mass is 9.77. The molecule has 0 radical (unpaired) electrons. The summed E-state index contributed by atoms with van der Waals surface area (Å²) in [6.07, 6.45) is 5.12. The van der Waals surface area contributed by atoms with Gasteiger partial charge < -0.3 is 10.5 Å². The lowest BCUT2D eigenvalue weighted by Crippen LogP contribution is -2.29. The van der Waals surface area contributed by atoms with Gasteiger partial charge in [0.15, 0.2) is 0 Å². The van der Waals surface area contributed by atoms with E-state index in [4.69, 9.17) is 10.5 Å². The number of methoxy groups -OCH3 is 1. The van der Waals surface area contributed by atoms with Gasteiger partial charge in [-0.2, -0.15) is 0 Å². The monoisotopic (exact) mass is 269 g/mol. The van der Waals surface area contributed by atoms with Gasteiger partial charge in [-0.15, -0.1) is 0 Å². The van der Waals surface area contributed by atoms with Crippen molar-refractivity contribution in [2.24, 2.45) is 11.1 Å². The van der Waals surface area contributed by atoms with Crippen LogP contribution in [0.3, 0.4) is 0 Å². The highest BCUT2D eigenvalue weighted by atomic mass is 16.5. The second-order valence-electron chi connectivity index (χ2n) is 6.31. The Kier molecular flexibility index (Phi) is 3.43. The molecule has 20 heavy (non-hydrogen) atoms. The molecule has 1 saturated carbocycles. The van der Waals surface area contributed by atoms with Gasteiger partial charge in [0.1, 0.15) is 5.75 Å². The van der Waals surface area contributed by atoms with E-state index in [0.717, 1.165) is 5.75 Å². The van der Waals surface area contributed by atoms with E-state index in [0.29, 0.717) is 0 Å². The average Bonchev–Trinajstić information content (AvgIpc) is 2.93. The molecule has 0 amide bonds. The molecule has 106 valence electrons. The van der Waals surface area contributed by atoms with Crippen LogP contribution >= 0.6 is 0 Å². The zero-order chi connectivity index (χ0) is 14.2. The Balaban J connectivity index is 1.96. The van der Waals surface area contributed by atoms with Crippen LogP contribution in [0.1, 0.15) is 44.2 Å². The maximum atomic E-state index is 6.56. The molecule has 1 fully saturated rings. The summed E-state index contributed by atoms with van der Waals surface area (Å²) in [5.41, 5.74) is 8.08. The van der Waals surface area contributed by atoms with Gasteiger partial charge in [-0.05, 0) is 52.8 Å². The molecule has 2 aromatic carbocycles. The van der Waals surface area contributed by atoms with Crippen molar-refractivity contribution in [2.45, 2.75) is 38.6 Å². The van der Waals surface area contributed by atoms with Gasteiger partial charge in [0, 0.05) is 6.04 Å². The molecule has 2 heteroatoms. The van der Waals surface area contributed by atoms with Gasteiger partial charge in [0.05, 0.1) is 7.11 Å². The highest BCUT2D eigenvalue weighted by molar-refractivity contribution is 5.84. The summed E-state index contributed by atoms with van der Waals surface area (Å²) in [6.45, 7) is 2.34. The lowest BCUT2D eigenvalue weighted by molar-refractivity contribution is 0.265. The lowest BCUT2D eigenvalue weighted by Gasteiger charge is -2.31. The normalized spacial score (nSPS) is 19.1. The van der Waals surface area contributed by atoms with Crippen LogP contribution in [0.2, 0.25) is 0 Å². The molecule has 1 aliphatic carbocycles. The Labute approximate surface area is 120 Å². The Bertz CT molecular complexity index is 614. The van der Waals surface area contributed by atoms with E-state index in [9.17, 15) is 0 Å². The van der Waals surface area contributed by atoms with Crippen LogP contribution in [0.5, 0.6) is 5.75 Å². The number of fused-ring (bicyclic) bond motifs is 1. The van der Waals surface area contributed by atoms with Crippen LogP contribution in [0.25, 0.3) is 10.8 Å². The van der Waals surface area contributed by atoms with Crippen LogP contribution < -0.4 is 10.5 Å². The minimum absolute atomic E-state index is 0.136. The Morgan fingerprint density at radius 2 is 1.70 bits per heavy atom. The summed E-state index contributed by atoms with van der Waals surface area (Å²) in [4.78, 5) is 0. The molecule has 0 spiro atoms. The molecule has 3 rings (SSSR count). The minimum Gasteiger partial charge on any atom is -0.497 e. The SMILES string of the molecule is COc1ccc2cc(C(N)C3(C)CCCC3)ccc2c1. The first-order valence-corrected chi connectivity index (χ1v) is 7.46. The van der Waals surface area contributed by atoms with Crippen molar-refractivity contribution in [3.8, 4) is 5.75 Å². The fraction of sp³-hybridized carbons (Fsp3) is 0.444. The summed E-state index contributed by atoms with van der Waals surface area (Å²) in [5.74, 6) is 0.900. The fourth-order valence-electron chi connectivity index (χ4n) is 3.46. The highest BCUT2D eigenvalue weighted by Crippen LogP contribution is 2.46. The molecule has 0 bridgehead atoms. The Morgan fingerprint density at radius 3 is 2.40 bits per heavy atom. The quantitative estimate of drug-likeness (QED) is 0.894. The van der Waals surface area contributed by atoms with Crippen molar-refractivity contribution in [1.82, 2.24) is 0 Å². The Morgan fingerprint density at radius 1 is 1.05 bits per heavy atom. The molecule has 2 N–H and O–H groups in total. The maximum Gasteiger partial charge on any atom is 0.119 e. The predicted molar refractivity (Wildman–Crippen MR) is 84.0 cm³/mol. The largest absolute Gasteiger partial charge is 0.497 e. The third-order valence-corrected chi connectivity index (χ3v) is 4.93. The number of hydrogen-bond donors (Lipinski definition) is 1. The molecule has 0 aliphatic heterocycles. The third kappa shape index (κ3) is 2.29. The maximum absolute atomic E-state index is 6.56. The fourth-order valence-corrected chi connectivity index (χ4v) is 3.46. The van der Waals surface area contributed by atoms with E-state index in [1.165, 1.54) is 42.0 Å². The number of rotatable bonds is 3. The first kappa shape index (κ1) is 13.4. The van der Waals surface area contributed by atoms with E-state index in [1.807, 2.05) is 6.07 Å². The summed E-state index contributed by atoms with van der Waals surface area (Å²) in [6, 6.07) is 12.9. The summed E-state index contributed by atoms with van der Waals surface area (Å²) < 4.78 is 5.27. The molecular weight excluding hydrogens is 246 g/mol. The number of hydrogen-bond acceptors (Lipinski definition) is 2. The van der Waals surface area contributed by atoms with Gasteiger partial charge in [0.25, 0.3) is 0 Å². The molecule has 2 nitrogen and oxygen atoms in total. The molecular formula is C18H23NO. The van der Waals surface area contributed by atoms with E-state index in [-0.39, 0.29) is 11.5 Å². The summed E-state index contributed by atoms with van der Waals surface area (Å²) >= 11 is 0. The van der Waals surface area contributed by atoms with Gasteiger partial charge in [-0.3, -0.25) is 0 Å². The average molecular weight is 269 g/mol. The van der Waals surface area contributed by atoms with E-state index >= 15 is 0 Å². The van der Waals surface area contributed by atoms with E-state index in [2.05, 4.69) is 37.3 Å². The minimum atomic E-state index is 0.136. The van der Waals surface area contributed by atoms with Crippen molar-refractivity contribution in [2.75, 3.05) is 7.11 Å². The van der Waals surface area contributed by atoms with Crippen LogP contribution in [0, 0.1) is 5.41 Å². The van der Waals surface area contributed by atoms with Crippen molar-refractivity contribution in [3.63, 3.8) is 0 Å². The van der Waals surface area contributed by atoms with E-state index in [1.54, 1.807) is 7.11 Å². The zero-order valence-electron chi connectivity index (χ0n) is 12.4. The standard InChI is InChI=1S/C18H23NO/c1-18(9-3-4-10-18)17(19)15-6-5-14-12-16(20-2)8-7-13(14)11-15/h5-8,11-12,17H,3-4,9-10,19H2,1-2H3. The zero-order valence-corrected chi connectivity index (χ0v) is 12.4. The summed E-state index contributed by atoms with van der Waals surface area (Å²) in [7, 11) is 1.70. The van der Waals surface area contributed by atoms with Gasteiger partial charge in [-0.1, -0.05) is 38.0 Å². The highest BCUT2D eigenvalue weighted by Gasteiger charge is 2.35. The van der Waals surface area contributed by atoms with Crippen molar-refractivity contribution < 1.29 is 4.74 Å². The van der Waals surface area contributed by atoms with Crippen LogP contribution in [-0.4, -0.2) is 7.11 Å². The molecule has 0 saturated heterocycles. The van der Waals surface area contributed by atoms with Crippen LogP contribution in [-0.2, 0) is 0 Å². The topological polar surface area (TPSA) is 35.2 Å². The number of ether oxygens (including phenoxy) is 1. The number of benzene rings is 2. The molecule has 1 aliphatic rings. The molecule has 1 atom stereocenters. The summed E-state index contributed by atoms with van der Waals surface area (Å²) in [5, 5.41) is 2.44. The first-order chi connectivity index (χ1) is 9.62.